The highest BCUT2D eigenvalue weighted by Gasteiger charge is 2.34. The summed E-state index contributed by atoms with van der Waals surface area (Å²) in [5.74, 6) is 1.30. The zero-order valence-electron chi connectivity index (χ0n) is 15.0. The Morgan fingerprint density at radius 3 is 2.43 bits per heavy atom. The maximum Gasteiger partial charge on any atom is 0.308 e. The maximum absolute atomic E-state index is 11.3. The zero-order chi connectivity index (χ0) is 17.0. The van der Waals surface area contributed by atoms with Crippen molar-refractivity contribution in [3.8, 4) is 11.5 Å². The average molecular weight is 319 g/mol. The van der Waals surface area contributed by atoms with Crippen LogP contribution in [0.1, 0.15) is 56.2 Å². The van der Waals surface area contributed by atoms with Crippen LogP contribution >= 0.6 is 0 Å². The monoisotopic (exact) mass is 319 g/mol. The molecule has 0 aromatic heterocycles. The van der Waals surface area contributed by atoms with Gasteiger partial charge in [0.15, 0.2) is 0 Å². The van der Waals surface area contributed by atoms with Gasteiger partial charge in [0.05, 0.1) is 0 Å². The number of ether oxygens (including phenoxy) is 2. The molecule has 0 saturated carbocycles. The van der Waals surface area contributed by atoms with Gasteiger partial charge in [-0.3, -0.25) is 4.79 Å². The average Bonchev–Trinajstić information content (AvgIpc) is 2.50. The van der Waals surface area contributed by atoms with Crippen LogP contribution in [0.5, 0.6) is 11.5 Å². The van der Waals surface area contributed by atoms with Gasteiger partial charge in [0, 0.05) is 6.92 Å². The molecule has 1 aliphatic rings. The van der Waals surface area contributed by atoms with Gasteiger partial charge in [0.2, 0.25) is 0 Å². The fraction of sp³-hybridized carbons (Fsp3) is 0.632. The van der Waals surface area contributed by atoms with Gasteiger partial charge in [-0.05, 0) is 75.9 Å². The molecule has 0 amide bonds. The van der Waals surface area contributed by atoms with E-state index in [1.807, 2.05) is 26.8 Å². The summed E-state index contributed by atoms with van der Waals surface area (Å²) < 4.78 is 11.9. The quantitative estimate of drug-likeness (QED) is 0.662. The van der Waals surface area contributed by atoms with Crippen LogP contribution < -0.4 is 14.8 Å². The molecule has 1 aliphatic heterocycles. The topological polar surface area (TPSA) is 47.6 Å². The largest absolute Gasteiger partial charge is 0.487 e. The molecular formula is C19H29NO3. The fourth-order valence-electron chi connectivity index (χ4n) is 3.40. The fourth-order valence-corrected chi connectivity index (χ4v) is 3.40. The number of piperidine rings is 1. The summed E-state index contributed by atoms with van der Waals surface area (Å²) in [6, 6.07) is 2.01. The lowest BCUT2D eigenvalue weighted by molar-refractivity contribution is -0.132. The number of carbonyl (C=O) groups excluding carboxylic acids is 1. The molecular weight excluding hydrogens is 290 g/mol. The van der Waals surface area contributed by atoms with E-state index in [2.05, 4.69) is 12.2 Å². The normalized spacial score (nSPS) is 16.9. The number of hydrogen-bond donors (Lipinski definition) is 1. The number of benzene rings is 1. The van der Waals surface area contributed by atoms with Gasteiger partial charge in [0.1, 0.15) is 17.1 Å². The molecule has 0 unspecified atom stereocenters. The molecule has 0 bridgehead atoms. The lowest BCUT2D eigenvalue weighted by Crippen LogP contribution is -2.46. The van der Waals surface area contributed by atoms with Gasteiger partial charge in [-0.2, -0.15) is 0 Å². The van der Waals surface area contributed by atoms with E-state index in [0.29, 0.717) is 5.75 Å². The molecule has 4 nitrogen and oxygen atoms in total. The maximum atomic E-state index is 11.3. The molecule has 1 heterocycles. The molecule has 0 atom stereocenters. The van der Waals surface area contributed by atoms with Gasteiger partial charge < -0.3 is 14.8 Å². The number of aryl methyl sites for hydroxylation is 1. The molecule has 128 valence electrons. The molecule has 4 heteroatoms. The van der Waals surface area contributed by atoms with Crippen molar-refractivity contribution in [3.63, 3.8) is 0 Å². The molecule has 0 spiro atoms. The number of hydrogen-bond acceptors (Lipinski definition) is 4. The Bertz CT molecular complexity index is 569. The van der Waals surface area contributed by atoms with E-state index in [0.717, 1.165) is 61.2 Å². The van der Waals surface area contributed by atoms with Crippen molar-refractivity contribution >= 4 is 5.97 Å². The first-order valence-electron chi connectivity index (χ1n) is 8.57. The van der Waals surface area contributed by atoms with Crippen molar-refractivity contribution < 1.29 is 14.3 Å². The first kappa shape index (κ1) is 17.8. The van der Waals surface area contributed by atoms with Gasteiger partial charge >= 0.3 is 5.97 Å². The predicted octanol–water partition coefficient (Wildman–Crippen LogP) is 3.84. The zero-order valence-corrected chi connectivity index (χ0v) is 15.0. The SMILES string of the molecule is CCCC1(Oc2cc(C)c(OC(C)=O)c(C)c2C)CCNCC1. The van der Waals surface area contributed by atoms with Crippen molar-refractivity contribution in [1.82, 2.24) is 5.32 Å². The van der Waals surface area contributed by atoms with E-state index in [-0.39, 0.29) is 11.6 Å². The Hall–Kier alpha value is -1.55. The summed E-state index contributed by atoms with van der Waals surface area (Å²) in [5.41, 5.74) is 2.91. The van der Waals surface area contributed by atoms with Gasteiger partial charge in [-0.25, -0.2) is 0 Å². The van der Waals surface area contributed by atoms with Crippen LogP contribution in [-0.4, -0.2) is 24.7 Å². The Labute approximate surface area is 139 Å². The molecule has 0 aliphatic carbocycles. The van der Waals surface area contributed by atoms with Crippen LogP contribution in [0.2, 0.25) is 0 Å². The lowest BCUT2D eigenvalue weighted by atomic mass is 9.87. The first-order valence-corrected chi connectivity index (χ1v) is 8.57. The Balaban J connectivity index is 2.33. The number of carbonyl (C=O) groups is 1. The third-order valence-electron chi connectivity index (χ3n) is 4.77. The summed E-state index contributed by atoms with van der Waals surface area (Å²) in [5, 5.41) is 3.41. The molecule has 1 saturated heterocycles. The van der Waals surface area contributed by atoms with Gasteiger partial charge in [0.25, 0.3) is 0 Å². The van der Waals surface area contributed by atoms with E-state index in [9.17, 15) is 4.79 Å². The van der Waals surface area contributed by atoms with Crippen LogP contribution in [0.15, 0.2) is 6.07 Å². The highest BCUT2D eigenvalue weighted by Crippen LogP contribution is 2.38. The summed E-state index contributed by atoms with van der Waals surface area (Å²) in [6.45, 7) is 11.6. The number of nitrogens with one attached hydrogen (secondary N) is 1. The Morgan fingerprint density at radius 2 is 1.87 bits per heavy atom. The molecule has 1 N–H and O–H groups in total. The van der Waals surface area contributed by atoms with Crippen LogP contribution in [0.4, 0.5) is 0 Å². The molecule has 2 rings (SSSR count). The Morgan fingerprint density at radius 1 is 1.22 bits per heavy atom. The number of rotatable bonds is 5. The van der Waals surface area contributed by atoms with Gasteiger partial charge in [-0.15, -0.1) is 0 Å². The summed E-state index contributed by atoms with van der Waals surface area (Å²) in [7, 11) is 0. The lowest BCUT2D eigenvalue weighted by Gasteiger charge is -2.38. The van der Waals surface area contributed by atoms with Crippen molar-refractivity contribution in [2.45, 2.75) is 65.9 Å². The number of esters is 1. The van der Waals surface area contributed by atoms with Crippen molar-refractivity contribution in [2.24, 2.45) is 0 Å². The smallest absolute Gasteiger partial charge is 0.308 e. The standard InChI is InChI=1S/C19H29NO3/c1-6-7-19(8-10-20-11-9-19)23-17-12-13(2)18(22-16(5)21)15(4)14(17)3/h12,20H,6-11H2,1-5H3. The van der Waals surface area contributed by atoms with Crippen molar-refractivity contribution in [1.29, 1.82) is 0 Å². The van der Waals surface area contributed by atoms with E-state index < -0.39 is 0 Å². The molecule has 0 radical (unpaired) electrons. The third kappa shape index (κ3) is 4.05. The van der Waals surface area contributed by atoms with Crippen LogP contribution in [-0.2, 0) is 4.79 Å². The highest BCUT2D eigenvalue weighted by molar-refractivity contribution is 5.71. The predicted molar refractivity (Wildman–Crippen MR) is 92.3 cm³/mol. The van der Waals surface area contributed by atoms with E-state index >= 15 is 0 Å². The van der Waals surface area contributed by atoms with Gasteiger partial charge in [-0.1, -0.05) is 13.3 Å². The van der Waals surface area contributed by atoms with Crippen LogP contribution in [0.3, 0.4) is 0 Å². The molecule has 1 fully saturated rings. The highest BCUT2D eigenvalue weighted by atomic mass is 16.5. The summed E-state index contributed by atoms with van der Waals surface area (Å²) in [6.07, 6.45) is 4.24. The van der Waals surface area contributed by atoms with Crippen LogP contribution in [0, 0.1) is 20.8 Å². The summed E-state index contributed by atoms with van der Waals surface area (Å²) >= 11 is 0. The summed E-state index contributed by atoms with van der Waals surface area (Å²) in [4.78, 5) is 11.3. The molecule has 1 aromatic carbocycles. The molecule has 1 aromatic rings. The minimum absolute atomic E-state index is 0.0768. The Kier molecular flexibility index (Phi) is 5.69. The molecule has 23 heavy (non-hydrogen) atoms. The van der Waals surface area contributed by atoms with Crippen molar-refractivity contribution in [3.05, 3.63) is 22.8 Å². The second-order valence-electron chi connectivity index (χ2n) is 6.65. The van der Waals surface area contributed by atoms with Crippen LogP contribution in [0.25, 0.3) is 0 Å². The minimum atomic E-state index is -0.287. The first-order chi connectivity index (χ1) is 10.9. The van der Waals surface area contributed by atoms with Crippen molar-refractivity contribution in [2.75, 3.05) is 13.1 Å². The second-order valence-corrected chi connectivity index (χ2v) is 6.65. The second kappa shape index (κ2) is 7.35. The minimum Gasteiger partial charge on any atom is -0.487 e. The van der Waals surface area contributed by atoms with E-state index in [1.54, 1.807) is 0 Å². The van der Waals surface area contributed by atoms with E-state index in [4.69, 9.17) is 9.47 Å². The van der Waals surface area contributed by atoms with E-state index in [1.165, 1.54) is 6.92 Å². The third-order valence-corrected chi connectivity index (χ3v) is 4.77.